The molecule has 2 aliphatic rings. The van der Waals surface area contributed by atoms with E-state index < -0.39 is 20.3 Å². The Morgan fingerprint density at radius 3 is 2.52 bits per heavy atom. The molecule has 0 N–H and O–H groups in total. The highest BCUT2D eigenvalue weighted by Gasteiger charge is 2.56. The van der Waals surface area contributed by atoms with Gasteiger partial charge in [0.1, 0.15) is 18.3 Å². The van der Waals surface area contributed by atoms with Gasteiger partial charge in [0.25, 0.3) is 5.69 Å². The second-order valence-electron chi connectivity index (χ2n) is 10.4. The molecule has 0 unspecified atom stereocenters. The number of fused-ring (bicyclic) bond motifs is 2. The number of nitro groups is 1. The largest absolute Gasteiger partial charge is 0.414 e. The van der Waals surface area contributed by atoms with Crippen LogP contribution < -0.4 is 0 Å². The molecule has 0 spiro atoms. The van der Waals surface area contributed by atoms with Gasteiger partial charge in [-0.1, -0.05) is 20.8 Å². The lowest BCUT2D eigenvalue weighted by Crippen LogP contribution is -2.44. The van der Waals surface area contributed by atoms with Gasteiger partial charge >= 0.3 is 0 Å². The summed E-state index contributed by atoms with van der Waals surface area (Å²) in [5.41, 5.74) is 0.923. The zero-order valence-electron chi connectivity index (χ0n) is 19.2. The Bertz CT molecular complexity index is 996. The molecule has 2 fully saturated rings. The number of nitrogens with zero attached hydrogens (tertiary/aromatic N) is 2. The molecule has 0 amide bonds. The monoisotopic (exact) mass is 448 g/mol. The highest BCUT2D eigenvalue weighted by Crippen LogP contribution is 2.45. The van der Waals surface area contributed by atoms with E-state index >= 15 is 0 Å². The number of aromatic nitrogens is 1. The standard InChI is InChI=1S/C22H32N2O6Si/c1-21(2,3)31(6,7)27-13-17-18-19(30-22(4,5)29-18)20(28-17)23-11-10-14-12-15(24(25)26)8-9-16(14)23/h8-12,17-20H,13H2,1-7H3/t17-,18-,19-,20-/m1/s1. The van der Waals surface area contributed by atoms with Crippen molar-refractivity contribution >= 4 is 24.9 Å². The van der Waals surface area contributed by atoms with Gasteiger partial charge in [-0.3, -0.25) is 10.1 Å². The number of ether oxygens (including phenoxy) is 3. The van der Waals surface area contributed by atoms with Crippen molar-refractivity contribution in [3.05, 3.63) is 40.6 Å². The van der Waals surface area contributed by atoms with Crippen molar-refractivity contribution in [3.8, 4) is 0 Å². The third-order valence-corrected chi connectivity index (χ3v) is 11.2. The summed E-state index contributed by atoms with van der Waals surface area (Å²) < 4.78 is 27.3. The Balaban J connectivity index is 1.62. The summed E-state index contributed by atoms with van der Waals surface area (Å²) in [6, 6.07) is 6.71. The summed E-state index contributed by atoms with van der Waals surface area (Å²) in [7, 11) is -1.95. The van der Waals surface area contributed by atoms with E-state index in [4.69, 9.17) is 18.6 Å². The van der Waals surface area contributed by atoms with Crippen LogP contribution in [0.4, 0.5) is 5.69 Å². The first-order valence-corrected chi connectivity index (χ1v) is 13.6. The van der Waals surface area contributed by atoms with Crippen LogP contribution in [0.5, 0.6) is 0 Å². The van der Waals surface area contributed by atoms with Crippen molar-refractivity contribution in [1.29, 1.82) is 0 Å². The third kappa shape index (κ3) is 4.05. The van der Waals surface area contributed by atoms with Gasteiger partial charge < -0.3 is 23.2 Å². The number of non-ortho nitro benzene ring substituents is 1. The summed E-state index contributed by atoms with van der Waals surface area (Å²) in [6.45, 7) is 15.3. The van der Waals surface area contributed by atoms with E-state index in [1.54, 1.807) is 12.1 Å². The number of benzene rings is 1. The summed E-state index contributed by atoms with van der Waals surface area (Å²) >= 11 is 0. The van der Waals surface area contributed by atoms with Gasteiger partial charge in [-0.2, -0.15) is 0 Å². The fraction of sp³-hybridized carbons (Fsp3) is 0.636. The zero-order chi connectivity index (χ0) is 22.8. The van der Waals surface area contributed by atoms with Gasteiger partial charge in [0.15, 0.2) is 20.3 Å². The van der Waals surface area contributed by atoms with Crippen LogP contribution >= 0.6 is 0 Å². The SMILES string of the molecule is CC1(C)O[C@@H]2[C@H](O1)[C@@H](CO[Si](C)(C)C(C)(C)C)O[C@H]2n1ccc2cc([N+](=O)[O-])ccc21. The molecule has 2 aliphatic heterocycles. The minimum absolute atomic E-state index is 0.0673. The average molecular weight is 449 g/mol. The van der Waals surface area contributed by atoms with Crippen molar-refractivity contribution in [2.75, 3.05) is 6.61 Å². The molecule has 3 heterocycles. The number of rotatable bonds is 5. The first-order chi connectivity index (χ1) is 14.3. The quantitative estimate of drug-likeness (QED) is 0.364. The average Bonchev–Trinajstić information content (AvgIpc) is 3.29. The van der Waals surface area contributed by atoms with E-state index in [1.807, 2.05) is 30.7 Å². The molecule has 0 radical (unpaired) electrons. The molecular weight excluding hydrogens is 416 g/mol. The van der Waals surface area contributed by atoms with Crippen LogP contribution in [0, 0.1) is 10.1 Å². The summed E-state index contributed by atoms with van der Waals surface area (Å²) in [5.74, 6) is -0.714. The van der Waals surface area contributed by atoms with Crippen LogP contribution in [0.15, 0.2) is 30.5 Å². The van der Waals surface area contributed by atoms with Gasteiger partial charge in [0, 0.05) is 23.7 Å². The van der Waals surface area contributed by atoms with E-state index in [2.05, 4.69) is 33.9 Å². The molecule has 1 aromatic heterocycles. The molecular formula is C22H32N2O6Si. The molecule has 8 nitrogen and oxygen atoms in total. The number of hydrogen-bond acceptors (Lipinski definition) is 6. The maximum absolute atomic E-state index is 11.1. The number of nitro benzene ring substituents is 1. The second-order valence-corrected chi connectivity index (χ2v) is 15.2. The lowest BCUT2D eigenvalue weighted by molar-refractivity contribution is -0.384. The minimum Gasteiger partial charge on any atom is -0.414 e. The summed E-state index contributed by atoms with van der Waals surface area (Å²) in [4.78, 5) is 10.7. The normalized spacial score (nSPS) is 28.2. The predicted molar refractivity (Wildman–Crippen MR) is 119 cm³/mol. The van der Waals surface area contributed by atoms with Gasteiger partial charge in [-0.15, -0.1) is 0 Å². The molecule has 0 saturated carbocycles. The van der Waals surface area contributed by atoms with Gasteiger partial charge in [-0.05, 0) is 44.1 Å². The highest BCUT2D eigenvalue weighted by atomic mass is 28.4. The van der Waals surface area contributed by atoms with Crippen molar-refractivity contribution in [1.82, 2.24) is 4.57 Å². The molecule has 2 aromatic rings. The van der Waals surface area contributed by atoms with Gasteiger partial charge in [-0.25, -0.2) is 0 Å². The Morgan fingerprint density at radius 1 is 1.19 bits per heavy atom. The molecule has 0 aliphatic carbocycles. The molecule has 4 rings (SSSR count). The van der Waals surface area contributed by atoms with E-state index in [-0.39, 0.29) is 34.0 Å². The smallest absolute Gasteiger partial charge is 0.270 e. The van der Waals surface area contributed by atoms with Crippen LogP contribution in [0.3, 0.4) is 0 Å². The predicted octanol–water partition coefficient (Wildman–Crippen LogP) is 4.99. The van der Waals surface area contributed by atoms with Crippen LogP contribution in [0.1, 0.15) is 40.8 Å². The molecule has 170 valence electrons. The molecule has 0 bridgehead atoms. The summed E-state index contributed by atoms with van der Waals surface area (Å²) in [6.07, 6.45) is 0.677. The fourth-order valence-corrected chi connectivity index (χ4v) is 5.03. The van der Waals surface area contributed by atoms with E-state index in [9.17, 15) is 10.1 Å². The van der Waals surface area contributed by atoms with Crippen molar-refractivity contribution in [2.45, 2.75) is 83.1 Å². The molecule has 1 aromatic carbocycles. The Morgan fingerprint density at radius 2 is 1.87 bits per heavy atom. The van der Waals surface area contributed by atoms with Crippen molar-refractivity contribution < 1.29 is 23.6 Å². The van der Waals surface area contributed by atoms with E-state index in [1.165, 1.54) is 6.07 Å². The van der Waals surface area contributed by atoms with Crippen LogP contribution in [-0.4, -0.2) is 48.5 Å². The first kappa shape index (κ1) is 22.4. The lowest BCUT2D eigenvalue weighted by atomic mass is 10.1. The second kappa shape index (κ2) is 7.38. The van der Waals surface area contributed by atoms with Crippen molar-refractivity contribution in [2.24, 2.45) is 0 Å². The van der Waals surface area contributed by atoms with Crippen LogP contribution in [0.2, 0.25) is 18.1 Å². The van der Waals surface area contributed by atoms with Crippen LogP contribution in [0.25, 0.3) is 10.9 Å². The zero-order valence-corrected chi connectivity index (χ0v) is 20.2. The Labute approximate surface area is 183 Å². The fourth-order valence-electron chi connectivity index (χ4n) is 4.01. The Kier molecular flexibility index (Phi) is 5.34. The van der Waals surface area contributed by atoms with E-state index in [0.29, 0.717) is 6.61 Å². The lowest BCUT2D eigenvalue weighted by Gasteiger charge is -2.37. The van der Waals surface area contributed by atoms with Gasteiger partial charge in [0.2, 0.25) is 0 Å². The molecule has 9 heteroatoms. The molecule has 4 atom stereocenters. The minimum atomic E-state index is -1.95. The molecule has 31 heavy (non-hydrogen) atoms. The maximum Gasteiger partial charge on any atom is 0.270 e. The number of hydrogen-bond donors (Lipinski definition) is 0. The Hall–Kier alpha value is -1.78. The van der Waals surface area contributed by atoms with E-state index in [0.717, 1.165) is 10.9 Å². The van der Waals surface area contributed by atoms with Crippen LogP contribution in [-0.2, 0) is 18.6 Å². The third-order valence-electron chi connectivity index (χ3n) is 6.73. The highest BCUT2D eigenvalue weighted by molar-refractivity contribution is 6.74. The maximum atomic E-state index is 11.1. The summed E-state index contributed by atoms with van der Waals surface area (Å²) in [5, 5.41) is 12.0. The van der Waals surface area contributed by atoms with Gasteiger partial charge in [0.05, 0.1) is 17.0 Å². The first-order valence-electron chi connectivity index (χ1n) is 10.7. The van der Waals surface area contributed by atoms with Crippen molar-refractivity contribution in [3.63, 3.8) is 0 Å². The molecule has 2 saturated heterocycles. The topological polar surface area (TPSA) is 85.0 Å².